The molecule has 1 fully saturated rings. The van der Waals surface area contributed by atoms with E-state index in [1.54, 1.807) is 7.11 Å². The lowest BCUT2D eigenvalue weighted by Gasteiger charge is -2.37. The SMILES string of the molecule is COc1ccc(CCC(=O)N(CCBr)C2CCC2)cc1. The molecule has 0 aromatic heterocycles. The van der Waals surface area contributed by atoms with Crippen LogP contribution in [0, 0.1) is 0 Å². The summed E-state index contributed by atoms with van der Waals surface area (Å²) in [6.07, 6.45) is 4.99. The van der Waals surface area contributed by atoms with Gasteiger partial charge in [0.25, 0.3) is 0 Å². The molecule has 20 heavy (non-hydrogen) atoms. The Kier molecular flexibility index (Phi) is 5.89. The molecule has 0 atom stereocenters. The largest absolute Gasteiger partial charge is 0.497 e. The van der Waals surface area contributed by atoms with Crippen molar-refractivity contribution < 1.29 is 9.53 Å². The van der Waals surface area contributed by atoms with Crippen molar-refractivity contribution in [3.63, 3.8) is 0 Å². The third kappa shape index (κ3) is 3.98. The molecule has 2 rings (SSSR count). The topological polar surface area (TPSA) is 29.5 Å². The molecule has 1 aliphatic carbocycles. The first-order valence-electron chi connectivity index (χ1n) is 7.23. The van der Waals surface area contributed by atoms with Gasteiger partial charge < -0.3 is 9.64 Å². The molecule has 0 aliphatic heterocycles. The summed E-state index contributed by atoms with van der Waals surface area (Å²) >= 11 is 3.44. The predicted molar refractivity (Wildman–Crippen MR) is 84.5 cm³/mol. The van der Waals surface area contributed by atoms with E-state index < -0.39 is 0 Å². The number of carbonyl (C=O) groups excluding carboxylic acids is 1. The Hall–Kier alpha value is -1.03. The lowest BCUT2D eigenvalue weighted by molar-refractivity contribution is -0.134. The number of alkyl halides is 1. The molecule has 1 aliphatic rings. The number of hydrogen-bond donors (Lipinski definition) is 0. The quantitative estimate of drug-likeness (QED) is 0.712. The van der Waals surface area contributed by atoms with Gasteiger partial charge in [-0.25, -0.2) is 0 Å². The summed E-state index contributed by atoms with van der Waals surface area (Å²) in [6.45, 7) is 0.826. The van der Waals surface area contributed by atoms with Crippen LogP contribution < -0.4 is 4.74 Å². The number of benzene rings is 1. The van der Waals surface area contributed by atoms with Crippen molar-refractivity contribution in [2.75, 3.05) is 19.0 Å². The van der Waals surface area contributed by atoms with Crippen molar-refractivity contribution in [3.8, 4) is 5.75 Å². The summed E-state index contributed by atoms with van der Waals surface area (Å²) < 4.78 is 5.14. The zero-order chi connectivity index (χ0) is 14.4. The van der Waals surface area contributed by atoms with Gasteiger partial charge in [-0.05, 0) is 43.4 Å². The highest BCUT2D eigenvalue weighted by molar-refractivity contribution is 9.09. The smallest absolute Gasteiger partial charge is 0.223 e. The molecule has 0 heterocycles. The van der Waals surface area contributed by atoms with Crippen LogP contribution in [0.25, 0.3) is 0 Å². The third-order valence-corrected chi connectivity index (χ3v) is 4.30. The highest BCUT2D eigenvalue weighted by atomic mass is 79.9. The van der Waals surface area contributed by atoms with Crippen molar-refractivity contribution in [2.24, 2.45) is 0 Å². The summed E-state index contributed by atoms with van der Waals surface area (Å²) in [5, 5.41) is 0.859. The Balaban J connectivity index is 1.85. The van der Waals surface area contributed by atoms with Crippen molar-refractivity contribution in [3.05, 3.63) is 29.8 Å². The van der Waals surface area contributed by atoms with Crippen molar-refractivity contribution in [2.45, 2.75) is 38.1 Å². The fourth-order valence-corrected chi connectivity index (χ4v) is 2.87. The van der Waals surface area contributed by atoms with Crippen LogP contribution in [0.3, 0.4) is 0 Å². The van der Waals surface area contributed by atoms with Crippen molar-refractivity contribution >= 4 is 21.8 Å². The van der Waals surface area contributed by atoms with Gasteiger partial charge in [-0.3, -0.25) is 4.79 Å². The molecule has 1 saturated carbocycles. The number of carbonyl (C=O) groups is 1. The van der Waals surface area contributed by atoms with Gasteiger partial charge in [0.05, 0.1) is 7.11 Å². The Morgan fingerprint density at radius 3 is 2.55 bits per heavy atom. The van der Waals surface area contributed by atoms with Crippen LogP contribution >= 0.6 is 15.9 Å². The summed E-state index contributed by atoms with van der Waals surface area (Å²) in [5.74, 6) is 1.14. The first-order chi connectivity index (χ1) is 9.74. The van der Waals surface area contributed by atoms with E-state index >= 15 is 0 Å². The molecule has 0 unspecified atom stereocenters. The average Bonchev–Trinajstić information content (AvgIpc) is 2.43. The van der Waals surface area contributed by atoms with E-state index in [0.29, 0.717) is 12.5 Å². The minimum absolute atomic E-state index is 0.282. The molecule has 3 nitrogen and oxygen atoms in total. The average molecular weight is 340 g/mol. The number of aryl methyl sites for hydroxylation is 1. The van der Waals surface area contributed by atoms with Crippen LogP contribution in [-0.2, 0) is 11.2 Å². The van der Waals surface area contributed by atoms with E-state index in [4.69, 9.17) is 4.74 Å². The molecule has 1 aromatic rings. The number of nitrogens with zero attached hydrogens (tertiary/aromatic N) is 1. The van der Waals surface area contributed by atoms with Crippen LogP contribution in [-0.4, -0.2) is 35.8 Å². The maximum absolute atomic E-state index is 12.3. The molecule has 0 bridgehead atoms. The predicted octanol–water partition coefficient (Wildman–Crippen LogP) is 3.40. The number of amides is 1. The van der Waals surface area contributed by atoms with Crippen LogP contribution in [0.5, 0.6) is 5.75 Å². The standard InChI is InChI=1S/C16H22BrNO2/c1-20-15-8-5-13(6-9-15)7-10-16(19)18(12-11-17)14-3-2-4-14/h5-6,8-9,14H,2-4,7,10-12H2,1H3. The van der Waals surface area contributed by atoms with E-state index in [9.17, 15) is 4.79 Å². The molecule has 0 saturated heterocycles. The number of ether oxygens (including phenoxy) is 1. The van der Waals surface area contributed by atoms with Gasteiger partial charge >= 0.3 is 0 Å². The zero-order valence-corrected chi connectivity index (χ0v) is 13.6. The monoisotopic (exact) mass is 339 g/mol. The number of halogens is 1. The van der Waals surface area contributed by atoms with Gasteiger partial charge in [0.1, 0.15) is 5.75 Å². The first kappa shape index (κ1) is 15.4. The second-order valence-corrected chi connectivity index (χ2v) is 6.00. The lowest BCUT2D eigenvalue weighted by Crippen LogP contribution is -2.45. The van der Waals surface area contributed by atoms with Crippen molar-refractivity contribution in [1.82, 2.24) is 4.90 Å². The zero-order valence-electron chi connectivity index (χ0n) is 12.0. The molecule has 4 heteroatoms. The van der Waals surface area contributed by atoms with E-state index in [1.165, 1.54) is 24.8 Å². The Bertz CT molecular complexity index is 429. The summed E-state index contributed by atoms with van der Waals surface area (Å²) in [5.41, 5.74) is 1.19. The lowest BCUT2D eigenvalue weighted by atomic mass is 9.91. The van der Waals surface area contributed by atoms with Crippen LogP contribution in [0.15, 0.2) is 24.3 Å². The third-order valence-electron chi connectivity index (χ3n) is 3.95. The summed E-state index contributed by atoms with van der Waals surface area (Å²) in [7, 11) is 1.66. The highest BCUT2D eigenvalue weighted by Crippen LogP contribution is 2.25. The van der Waals surface area contributed by atoms with Gasteiger partial charge in [0.15, 0.2) is 0 Å². The Morgan fingerprint density at radius 1 is 1.35 bits per heavy atom. The minimum Gasteiger partial charge on any atom is -0.497 e. The van der Waals surface area contributed by atoms with Gasteiger partial charge in [-0.2, -0.15) is 0 Å². The molecule has 0 N–H and O–H groups in total. The Labute approximate surface area is 129 Å². The second-order valence-electron chi connectivity index (χ2n) is 5.21. The van der Waals surface area contributed by atoms with E-state index in [-0.39, 0.29) is 5.91 Å². The molecule has 1 amide bonds. The number of rotatable bonds is 7. The molecule has 0 radical (unpaired) electrons. The normalized spacial score (nSPS) is 14.7. The summed E-state index contributed by atoms with van der Waals surface area (Å²) in [6, 6.07) is 8.44. The summed E-state index contributed by atoms with van der Waals surface area (Å²) in [4.78, 5) is 14.4. The van der Waals surface area contributed by atoms with E-state index in [2.05, 4.69) is 20.8 Å². The van der Waals surface area contributed by atoms with Gasteiger partial charge in [-0.1, -0.05) is 28.1 Å². The van der Waals surface area contributed by atoms with Crippen molar-refractivity contribution in [1.29, 1.82) is 0 Å². The first-order valence-corrected chi connectivity index (χ1v) is 8.35. The molecule has 0 spiro atoms. The molecular weight excluding hydrogens is 318 g/mol. The van der Waals surface area contributed by atoms with Gasteiger partial charge in [0.2, 0.25) is 5.91 Å². The number of hydrogen-bond acceptors (Lipinski definition) is 2. The fourth-order valence-electron chi connectivity index (χ4n) is 2.49. The van der Waals surface area contributed by atoms with Crippen LogP contribution in [0.1, 0.15) is 31.2 Å². The number of methoxy groups -OCH3 is 1. The molecule has 1 aromatic carbocycles. The van der Waals surface area contributed by atoms with Gasteiger partial charge in [-0.15, -0.1) is 0 Å². The fraction of sp³-hybridized carbons (Fsp3) is 0.562. The molecule has 110 valence electrons. The minimum atomic E-state index is 0.282. The molecular formula is C16H22BrNO2. The highest BCUT2D eigenvalue weighted by Gasteiger charge is 2.27. The maximum atomic E-state index is 12.3. The second kappa shape index (κ2) is 7.67. The maximum Gasteiger partial charge on any atom is 0.223 e. The van der Waals surface area contributed by atoms with E-state index in [0.717, 1.165) is 24.0 Å². The van der Waals surface area contributed by atoms with E-state index in [1.807, 2.05) is 24.3 Å². The van der Waals surface area contributed by atoms with Crippen LogP contribution in [0.4, 0.5) is 0 Å². The van der Waals surface area contributed by atoms with Crippen LogP contribution in [0.2, 0.25) is 0 Å². The Morgan fingerprint density at radius 2 is 2.05 bits per heavy atom. The van der Waals surface area contributed by atoms with Gasteiger partial charge in [0, 0.05) is 24.3 Å².